The third-order valence-electron chi connectivity index (χ3n) is 2.15. The van der Waals surface area contributed by atoms with E-state index < -0.39 is 11.7 Å². The number of fused-ring (bicyclic) bond motifs is 1. The highest BCUT2D eigenvalue weighted by molar-refractivity contribution is 5.92. The third kappa shape index (κ3) is 1.66. The Morgan fingerprint density at radius 1 is 1.44 bits per heavy atom. The molecule has 0 amide bonds. The van der Waals surface area contributed by atoms with Crippen LogP contribution in [0, 0.1) is 0 Å². The van der Waals surface area contributed by atoms with Crippen molar-refractivity contribution in [3.8, 4) is 0 Å². The SMILES string of the molecule is CC(=O)c1cn2cccc(C(F)(F)F)c2n1. The van der Waals surface area contributed by atoms with Gasteiger partial charge in [-0.05, 0) is 12.1 Å². The monoisotopic (exact) mass is 228 g/mol. The van der Waals surface area contributed by atoms with Gasteiger partial charge in [-0.25, -0.2) is 4.98 Å². The molecule has 0 saturated carbocycles. The summed E-state index contributed by atoms with van der Waals surface area (Å²) in [5, 5.41) is 0. The first-order chi connectivity index (χ1) is 7.39. The summed E-state index contributed by atoms with van der Waals surface area (Å²) < 4.78 is 39.0. The average molecular weight is 228 g/mol. The lowest BCUT2D eigenvalue weighted by Crippen LogP contribution is -2.07. The lowest BCUT2D eigenvalue weighted by Gasteiger charge is -2.06. The minimum Gasteiger partial charge on any atom is -0.306 e. The number of carbonyl (C=O) groups is 1. The summed E-state index contributed by atoms with van der Waals surface area (Å²) >= 11 is 0. The van der Waals surface area contributed by atoms with Gasteiger partial charge >= 0.3 is 6.18 Å². The quantitative estimate of drug-likeness (QED) is 0.703. The lowest BCUT2D eigenvalue weighted by atomic mass is 10.2. The van der Waals surface area contributed by atoms with Gasteiger partial charge in [0.05, 0.1) is 5.56 Å². The number of Topliss-reactive ketones (excluding diaryl/α,β-unsaturated/α-hetero) is 1. The summed E-state index contributed by atoms with van der Waals surface area (Å²) in [5.74, 6) is -0.364. The van der Waals surface area contributed by atoms with Crippen LogP contribution in [-0.2, 0) is 6.18 Å². The third-order valence-corrected chi connectivity index (χ3v) is 2.15. The Balaban J connectivity index is 2.73. The van der Waals surface area contributed by atoms with E-state index in [1.165, 1.54) is 29.8 Å². The zero-order valence-electron chi connectivity index (χ0n) is 8.25. The number of carbonyl (C=O) groups excluding carboxylic acids is 1. The van der Waals surface area contributed by atoms with Crippen LogP contribution >= 0.6 is 0 Å². The molecule has 0 spiro atoms. The number of halogens is 3. The molecular weight excluding hydrogens is 221 g/mol. The van der Waals surface area contributed by atoms with Gasteiger partial charge in [-0.2, -0.15) is 13.2 Å². The van der Waals surface area contributed by atoms with Gasteiger partial charge in [0.25, 0.3) is 0 Å². The van der Waals surface area contributed by atoms with Crippen LogP contribution in [0.15, 0.2) is 24.5 Å². The minimum atomic E-state index is -4.47. The Morgan fingerprint density at radius 3 is 2.69 bits per heavy atom. The maximum atomic E-state index is 12.6. The maximum absolute atomic E-state index is 12.6. The Kier molecular flexibility index (Phi) is 2.22. The molecule has 16 heavy (non-hydrogen) atoms. The second-order valence-electron chi connectivity index (χ2n) is 3.33. The number of pyridine rings is 1. The van der Waals surface area contributed by atoms with E-state index in [1.807, 2.05) is 0 Å². The number of nitrogens with zero attached hydrogens (tertiary/aromatic N) is 2. The van der Waals surface area contributed by atoms with Gasteiger partial charge in [-0.1, -0.05) is 0 Å². The number of hydrogen-bond donors (Lipinski definition) is 0. The van der Waals surface area contributed by atoms with Crippen LogP contribution in [-0.4, -0.2) is 15.2 Å². The highest BCUT2D eigenvalue weighted by atomic mass is 19.4. The Labute approximate surface area is 88.5 Å². The van der Waals surface area contributed by atoms with Crippen molar-refractivity contribution in [3.05, 3.63) is 35.8 Å². The van der Waals surface area contributed by atoms with Crippen molar-refractivity contribution >= 4 is 11.4 Å². The Bertz CT molecular complexity index is 557. The Hall–Kier alpha value is -1.85. The van der Waals surface area contributed by atoms with Crippen molar-refractivity contribution in [1.29, 1.82) is 0 Å². The van der Waals surface area contributed by atoms with Crippen LogP contribution in [0.1, 0.15) is 23.0 Å². The predicted molar refractivity (Wildman–Crippen MR) is 50.2 cm³/mol. The molecule has 0 unspecified atom stereocenters. The van der Waals surface area contributed by atoms with Crippen molar-refractivity contribution in [2.45, 2.75) is 13.1 Å². The first-order valence-corrected chi connectivity index (χ1v) is 4.45. The molecule has 0 N–H and O–H groups in total. The van der Waals surface area contributed by atoms with Crippen molar-refractivity contribution in [3.63, 3.8) is 0 Å². The number of rotatable bonds is 1. The van der Waals surface area contributed by atoms with E-state index in [0.717, 1.165) is 6.07 Å². The van der Waals surface area contributed by atoms with Crippen LogP contribution in [0.4, 0.5) is 13.2 Å². The summed E-state index contributed by atoms with van der Waals surface area (Å²) in [6, 6.07) is 2.20. The highest BCUT2D eigenvalue weighted by Crippen LogP contribution is 2.31. The molecule has 84 valence electrons. The van der Waals surface area contributed by atoms with Crippen molar-refractivity contribution in [2.75, 3.05) is 0 Å². The summed E-state index contributed by atoms with van der Waals surface area (Å²) in [7, 11) is 0. The molecule has 0 bridgehead atoms. The predicted octanol–water partition coefficient (Wildman–Crippen LogP) is 2.56. The Morgan fingerprint density at radius 2 is 2.12 bits per heavy atom. The van der Waals surface area contributed by atoms with E-state index in [-0.39, 0.29) is 17.1 Å². The van der Waals surface area contributed by atoms with E-state index in [1.54, 1.807) is 0 Å². The smallest absolute Gasteiger partial charge is 0.306 e. The van der Waals surface area contributed by atoms with Crippen molar-refractivity contribution in [2.24, 2.45) is 0 Å². The fourth-order valence-electron chi connectivity index (χ4n) is 1.40. The first-order valence-electron chi connectivity index (χ1n) is 4.45. The molecule has 0 aliphatic rings. The van der Waals surface area contributed by atoms with Crippen LogP contribution in [0.5, 0.6) is 0 Å². The molecule has 6 heteroatoms. The second-order valence-corrected chi connectivity index (χ2v) is 3.33. The van der Waals surface area contributed by atoms with Crippen molar-refractivity contribution in [1.82, 2.24) is 9.38 Å². The molecule has 2 aromatic heterocycles. The molecule has 0 aliphatic heterocycles. The summed E-state index contributed by atoms with van der Waals surface area (Å²) in [5.41, 5.74) is -1.07. The normalized spacial score (nSPS) is 12.0. The molecule has 2 rings (SSSR count). The zero-order chi connectivity index (χ0) is 11.9. The maximum Gasteiger partial charge on any atom is 0.419 e. The van der Waals surface area contributed by atoms with Gasteiger partial charge < -0.3 is 4.40 Å². The number of imidazole rings is 1. The van der Waals surface area contributed by atoms with Gasteiger partial charge in [0.1, 0.15) is 11.3 Å². The molecule has 0 aromatic carbocycles. The average Bonchev–Trinajstić information content (AvgIpc) is 2.58. The molecule has 2 aromatic rings. The van der Waals surface area contributed by atoms with E-state index in [2.05, 4.69) is 4.98 Å². The van der Waals surface area contributed by atoms with Crippen LogP contribution in [0.2, 0.25) is 0 Å². The van der Waals surface area contributed by atoms with E-state index in [0.29, 0.717) is 0 Å². The first kappa shape index (κ1) is 10.7. The molecular formula is C10H7F3N2O. The van der Waals surface area contributed by atoms with Gasteiger partial charge in [0.2, 0.25) is 0 Å². The molecule has 0 radical (unpaired) electrons. The molecule has 0 fully saturated rings. The minimum absolute atomic E-state index is 0.0247. The molecule has 0 saturated heterocycles. The zero-order valence-corrected chi connectivity index (χ0v) is 8.25. The molecule has 0 atom stereocenters. The van der Waals surface area contributed by atoms with E-state index >= 15 is 0 Å². The fraction of sp³-hybridized carbons (Fsp3) is 0.200. The van der Waals surface area contributed by atoms with Crippen molar-refractivity contribution < 1.29 is 18.0 Å². The molecule has 3 nitrogen and oxygen atoms in total. The number of ketones is 1. The van der Waals surface area contributed by atoms with Gasteiger partial charge in [0, 0.05) is 19.3 Å². The molecule has 0 aliphatic carbocycles. The van der Waals surface area contributed by atoms with Crippen LogP contribution in [0.25, 0.3) is 5.65 Å². The highest BCUT2D eigenvalue weighted by Gasteiger charge is 2.33. The number of hydrogen-bond acceptors (Lipinski definition) is 2. The number of alkyl halides is 3. The topological polar surface area (TPSA) is 34.4 Å². The van der Waals surface area contributed by atoms with Crippen LogP contribution in [0.3, 0.4) is 0 Å². The van der Waals surface area contributed by atoms with E-state index in [4.69, 9.17) is 0 Å². The van der Waals surface area contributed by atoms with Gasteiger partial charge in [0.15, 0.2) is 5.78 Å². The van der Waals surface area contributed by atoms with Crippen LogP contribution < -0.4 is 0 Å². The fourth-order valence-corrected chi connectivity index (χ4v) is 1.40. The lowest BCUT2D eigenvalue weighted by molar-refractivity contribution is -0.136. The summed E-state index contributed by atoms with van der Waals surface area (Å²) in [6.07, 6.45) is -1.77. The standard InChI is InChI=1S/C10H7F3N2O/c1-6(16)8-5-15-4-2-3-7(9(15)14-8)10(11,12)13/h2-5H,1H3. The largest absolute Gasteiger partial charge is 0.419 e. The second kappa shape index (κ2) is 3.33. The van der Waals surface area contributed by atoms with E-state index in [9.17, 15) is 18.0 Å². The van der Waals surface area contributed by atoms with Gasteiger partial charge in [-0.15, -0.1) is 0 Å². The number of aromatic nitrogens is 2. The molecule has 2 heterocycles. The summed E-state index contributed by atoms with van der Waals surface area (Å²) in [4.78, 5) is 14.7. The summed E-state index contributed by atoms with van der Waals surface area (Å²) in [6.45, 7) is 1.26. The van der Waals surface area contributed by atoms with Gasteiger partial charge in [-0.3, -0.25) is 4.79 Å².